The van der Waals surface area contributed by atoms with Gasteiger partial charge in [-0.2, -0.15) is 0 Å². The average Bonchev–Trinajstić information content (AvgIpc) is 2.63. The number of fused-ring (bicyclic) bond motifs is 2. The van der Waals surface area contributed by atoms with Gasteiger partial charge in [0.1, 0.15) is 11.6 Å². The third-order valence-corrected chi connectivity index (χ3v) is 5.17. The van der Waals surface area contributed by atoms with Gasteiger partial charge in [-0.25, -0.2) is 9.37 Å². The predicted molar refractivity (Wildman–Crippen MR) is 105 cm³/mol. The number of benzene rings is 2. The molecule has 0 saturated heterocycles. The number of hydrogen-bond donors (Lipinski definition) is 0. The van der Waals surface area contributed by atoms with E-state index >= 15 is 0 Å². The van der Waals surface area contributed by atoms with Gasteiger partial charge in [0.25, 0.3) is 5.56 Å². The predicted octanol–water partition coefficient (Wildman–Crippen LogP) is 4.22. The van der Waals surface area contributed by atoms with E-state index < -0.39 is 0 Å². The fourth-order valence-electron chi connectivity index (χ4n) is 3.47. The number of rotatable bonds is 0. The molecular formula is C23H21FN2O. The van der Waals surface area contributed by atoms with Crippen molar-refractivity contribution in [3.8, 4) is 11.8 Å². The zero-order chi connectivity index (χ0) is 19.2. The van der Waals surface area contributed by atoms with Crippen molar-refractivity contribution in [3.63, 3.8) is 0 Å². The van der Waals surface area contributed by atoms with Gasteiger partial charge in [0, 0.05) is 24.1 Å². The van der Waals surface area contributed by atoms with E-state index in [0.29, 0.717) is 28.6 Å². The van der Waals surface area contributed by atoms with Gasteiger partial charge in [0.15, 0.2) is 0 Å². The van der Waals surface area contributed by atoms with Crippen molar-refractivity contribution in [3.05, 3.63) is 75.1 Å². The number of halogens is 1. The highest BCUT2D eigenvalue weighted by Crippen LogP contribution is 2.29. The van der Waals surface area contributed by atoms with Crippen LogP contribution in [0.15, 0.2) is 41.2 Å². The molecule has 4 heteroatoms. The second-order valence-electron chi connectivity index (χ2n) is 8.03. The van der Waals surface area contributed by atoms with Crippen molar-refractivity contribution in [2.75, 3.05) is 0 Å². The summed E-state index contributed by atoms with van der Waals surface area (Å²) in [6.45, 7) is 6.78. The van der Waals surface area contributed by atoms with Crippen LogP contribution in [0.25, 0.3) is 10.9 Å². The van der Waals surface area contributed by atoms with Crippen molar-refractivity contribution < 1.29 is 4.39 Å². The number of hydrogen-bond acceptors (Lipinski definition) is 2. The van der Waals surface area contributed by atoms with Crippen LogP contribution >= 0.6 is 0 Å². The lowest BCUT2D eigenvalue weighted by Gasteiger charge is -2.31. The summed E-state index contributed by atoms with van der Waals surface area (Å²) in [5.41, 5.74) is 2.79. The fourth-order valence-corrected chi connectivity index (χ4v) is 3.47. The first-order valence-corrected chi connectivity index (χ1v) is 9.14. The summed E-state index contributed by atoms with van der Waals surface area (Å²) < 4.78 is 15.5. The van der Waals surface area contributed by atoms with Crippen LogP contribution in [0.4, 0.5) is 4.39 Å². The summed E-state index contributed by atoms with van der Waals surface area (Å²) in [4.78, 5) is 17.6. The maximum atomic E-state index is 13.7. The van der Waals surface area contributed by atoms with Crippen LogP contribution in [0.2, 0.25) is 0 Å². The molecule has 0 aliphatic carbocycles. The van der Waals surface area contributed by atoms with Crippen LogP contribution in [0.3, 0.4) is 0 Å². The summed E-state index contributed by atoms with van der Waals surface area (Å²) >= 11 is 0. The average molecular weight is 360 g/mol. The molecule has 1 aromatic heterocycles. The van der Waals surface area contributed by atoms with Crippen LogP contribution < -0.4 is 5.56 Å². The standard InChI is InChI=1S/C23H21FN2O/c1-15-4-5-16(12-19(15)24)6-7-17-8-9-18-20(13-17)25-21-10-11-23(2,3)14-26(21)22(18)27/h4-5,8-9,12-13H,10-11,14H2,1-3H3. The first kappa shape index (κ1) is 17.5. The Bertz CT molecular complexity index is 1180. The molecule has 2 aromatic carbocycles. The summed E-state index contributed by atoms with van der Waals surface area (Å²) in [7, 11) is 0. The third-order valence-electron chi connectivity index (χ3n) is 5.17. The molecule has 0 N–H and O–H groups in total. The molecule has 0 amide bonds. The normalized spacial score (nSPS) is 15.1. The minimum absolute atomic E-state index is 0.0166. The van der Waals surface area contributed by atoms with Crippen molar-refractivity contribution >= 4 is 10.9 Å². The molecule has 27 heavy (non-hydrogen) atoms. The summed E-state index contributed by atoms with van der Waals surface area (Å²) in [6, 6.07) is 10.4. The van der Waals surface area contributed by atoms with Gasteiger partial charge in [-0.3, -0.25) is 9.36 Å². The number of nitrogens with zero attached hydrogens (tertiary/aromatic N) is 2. The summed E-state index contributed by atoms with van der Waals surface area (Å²) in [6.07, 6.45) is 1.82. The lowest BCUT2D eigenvalue weighted by Crippen LogP contribution is -2.36. The molecular weight excluding hydrogens is 339 g/mol. The van der Waals surface area contributed by atoms with Crippen molar-refractivity contribution in [1.29, 1.82) is 0 Å². The minimum Gasteiger partial charge on any atom is -0.296 e. The van der Waals surface area contributed by atoms with E-state index in [4.69, 9.17) is 4.98 Å². The minimum atomic E-state index is -0.260. The first-order chi connectivity index (χ1) is 12.8. The van der Waals surface area contributed by atoms with Crippen LogP contribution in [-0.2, 0) is 13.0 Å². The Balaban J connectivity index is 1.75. The van der Waals surface area contributed by atoms with Crippen LogP contribution in [0, 0.1) is 30.0 Å². The molecule has 0 atom stereocenters. The SMILES string of the molecule is Cc1ccc(C#Cc2ccc3c(=O)n4c(nc3c2)CCC(C)(C)C4)cc1F. The molecule has 2 heterocycles. The number of aromatic nitrogens is 2. The molecule has 3 nitrogen and oxygen atoms in total. The lowest BCUT2D eigenvalue weighted by molar-refractivity contribution is 0.240. The van der Waals surface area contributed by atoms with E-state index in [0.717, 1.165) is 24.2 Å². The van der Waals surface area contributed by atoms with Crippen LogP contribution in [-0.4, -0.2) is 9.55 Å². The topological polar surface area (TPSA) is 34.9 Å². The van der Waals surface area contributed by atoms with Gasteiger partial charge in [-0.05, 0) is 54.7 Å². The zero-order valence-corrected chi connectivity index (χ0v) is 15.8. The molecule has 3 aromatic rings. The molecule has 0 radical (unpaired) electrons. The zero-order valence-electron chi connectivity index (χ0n) is 15.8. The second-order valence-corrected chi connectivity index (χ2v) is 8.03. The smallest absolute Gasteiger partial charge is 0.261 e. The Morgan fingerprint density at radius 3 is 2.56 bits per heavy atom. The van der Waals surface area contributed by atoms with Gasteiger partial charge < -0.3 is 0 Å². The monoisotopic (exact) mass is 360 g/mol. The molecule has 1 aliphatic rings. The second kappa shape index (κ2) is 6.35. The maximum Gasteiger partial charge on any atom is 0.261 e. The third kappa shape index (κ3) is 3.38. The van der Waals surface area contributed by atoms with Gasteiger partial charge >= 0.3 is 0 Å². The number of aryl methyl sites for hydroxylation is 2. The Morgan fingerprint density at radius 2 is 1.81 bits per heavy atom. The lowest BCUT2D eigenvalue weighted by atomic mass is 9.85. The van der Waals surface area contributed by atoms with Crippen molar-refractivity contribution in [2.45, 2.75) is 40.2 Å². The van der Waals surface area contributed by atoms with Gasteiger partial charge in [0.2, 0.25) is 0 Å². The van der Waals surface area contributed by atoms with E-state index in [-0.39, 0.29) is 16.8 Å². The van der Waals surface area contributed by atoms with E-state index in [1.54, 1.807) is 25.1 Å². The molecule has 0 spiro atoms. The summed E-state index contributed by atoms with van der Waals surface area (Å²) in [5, 5.41) is 0.614. The van der Waals surface area contributed by atoms with Gasteiger partial charge in [0.05, 0.1) is 10.9 Å². The largest absolute Gasteiger partial charge is 0.296 e. The van der Waals surface area contributed by atoms with E-state index in [2.05, 4.69) is 25.7 Å². The van der Waals surface area contributed by atoms with Crippen molar-refractivity contribution in [1.82, 2.24) is 9.55 Å². The van der Waals surface area contributed by atoms with E-state index in [1.165, 1.54) is 6.07 Å². The highest BCUT2D eigenvalue weighted by atomic mass is 19.1. The Labute approximate surface area is 157 Å². The Hall–Kier alpha value is -2.93. The Kier molecular flexibility index (Phi) is 4.11. The molecule has 136 valence electrons. The highest BCUT2D eigenvalue weighted by molar-refractivity contribution is 5.79. The molecule has 0 fully saturated rings. The maximum absolute atomic E-state index is 13.7. The molecule has 0 unspecified atom stereocenters. The highest BCUT2D eigenvalue weighted by Gasteiger charge is 2.27. The van der Waals surface area contributed by atoms with Crippen LogP contribution in [0.1, 0.15) is 42.8 Å². The quantitative estimate of drug-likeness (QED) is 0.563. The van der Waals surface area contributed by atoms with Crippen LogP contribution in [0.5, 0.6) is 0 Å². The molecule has 0 bridgehead atoms. The van der Waals surface area contributed by atoms with Gasteiger partial charge in [-0.1, -0.05) is 31.8 Å². The fraction of sp³-hybridized carbons (Fsp3) is 0.304. The van der Waals surface area contributed by atoms with E-state index in [9.17, 15) is 9.18 Å². The van der Waals surface area contributed by atoms with Crippen molar-refractivity contribution in [2.24, 2.45) is 5.41 Å². The molecule has 1 aliphatic heterocycles. The molecule has 0 saturated carbocycles. The first-order valence-electron chi connectivity index (χ1n) is 9.14. The molecule has 4 rings (SSSR count). The van der Waals surface area contributed by atoms with E-state index in [1.807, 2.05) is 16.7 Å². The summed E-state index contributed by atoms with van der Waals surface area (Å²) in [5.74, 6) is 6.61. The Morgan fingerprint density at radius 1 is 1.11 bits per heavy atom. The van der Waals surface area contributed by atoms with Gasteiger partial charge in [-0.15, -0.1) is 0 Å².